The van der Waals surface area contributed by atoms with Gasteiger partial charge < -0.3 is 9.90 Å². The van der Waals surface area contributed by atoms with Crippen molar-refractivity contribution in [2.24, 2.45) is 5.14 Å². The Kier molecular flexibility index (Phi) is 5.42. The third-order valence-electron chi connectivity index (χ3n) is 1.42. The maximum absolute atomic E-state index is 10.9. The van der Waals surface area contributed by atoms with Crippen molar-refractivity contribution in [3.8, 4) is 0 Å². The van der Waals surface area contributed by atoms with Crippen molar-refractivity contribution in [1.29, 1.82) is 0 Å². The number of carboxylic acid groups (broad SMARTS) is 1. The minimum Gasteiger partial charge on any atom is -0.550 e. The standard InChI is InChI=1S/C5H8ClN3O2S.C2H4O2/c1-2-3-4(6)8-9-5(3)12(7,10)11;1-2(3)4/h2H2,1H3,(H,8,9)(H2,7,10,11);1H3,(H,3,4)/p-1. The van der Waals surface area contributed by atoms with Crippen LogP contribution in [0.1, 0.15) is 19.4 Å². The molecule has 16 heavy (non-hydrogen) atoms. The molecule has 0 aromatic carbocycles. The highest BCUT2D eigenvalue weighted by atomic mass is 35.5. The molecule has 0 atom stereocenters. The van der Waals surface area contributed by atoms with Gasteiger partial charge in [-0.2, -0.15) is 5.10 Å². The van der Waals surface area contributed by atoms with Gasteiger partial charge in [-0.15, -0.1) is 0 Å². The Morgan fingerprint density at radius 3 is 2.31 bits per heavy atom. The molecule has 0 saturated heterocycles. The van der Waals surface area contributed by atoms with Crippen LogP contribution < -0.4 is 10.2 Å². The van der Waals surface area contributed by atoms with Gasteiger partial charge in [0.2, 0.25) is 0 Å². The van der Waals surface area contributed by atoms with Gasteiger partial charge in [-0.25, -0.2) is 13.6 Å². The van der Waals surface area contributed by atoms with Crippen LogP contribution in [-0.2, 0) is 21.2 Å². The van der Waals surface area contributed by atoms with Crippen molar-refractivity contribution in [3.05, 3.63) is 10.7 Å². The summed E-state index contributed by atoms with van der Waals surface area (Å²) in [6.45, 7) is 2.74. The number of hydrogen-bond acceptors (Lipinski definition) is 5. The summed E-state index contributed by atoms with van der Waals surface area (Å²) in [4.78, 5) is 8.89. The molecule has 0 amide bonds. The van der Waals surface area contributed by atoms with Gasteiger partial charge in [0, 0.05) is 11.5 Å². The van der Waals surface area contributed by atoms with Crippen molar-refractivity contribution >= 4 is 27.6 Å². The summed E-state index contributed by atoms with van der Waals surface area (Å²) in [5, 5.41) is 19.6. The SMILES string of the molecule is CC(=O)[O-].CCc1c(Cl)n[nH]c1S(N)(=O)=O. The van der Waals surface area contributed by atoms with E-state index in [0.29, 0.717) is 12.0 Å². The summed E-state index contributed by atoms with van der Waals surface area (Å²) in [6, 6.07) is 0. The minimum atomic E-state index is -3.73. The van der Waals surface area contributed by atoms with Crippen LogP contribution in [0.15, 0.2) is 5.03 Å². The number of hydrogen-bond donors (Lipinski definition) is 2. The average Bonchev–Trinajstić information content (AvgIpc) is 2.44. The van der Waals surface area contributed by atoms with E-state index in [-0.39, 0.29) is 10.2 Å². The van der Waals surface area contributed by atoms with Crippen molar-refractivity contribution in [2.75, 3.05) is 0 Å². The van der Waals surface area contributed by atoms with Crippen LogP contribution in [0.4, 0.5) is 0 Å². The summed E-state index contributed by atoms with van der Waals surface area (Å²) < 4.78 is 21.7. The average molecular weight is 269 g/mol. The number of aromatic amines is 1. The highest BCUT2D eigenvalue weighted by Crippen LogP contribution is 2.19. The normalized spacial score (nSPS) is 10.5. The fourth-order valence-corrected chi connectivity index (χ4v) is 1.95. The highest BCUT2D eigenvalue weighted by Gasteiger charge is 2.18. The van der Waals surface area contributed by atoms with Gasteiger partial charge in [-0.1, -0.05) is 18.5 Å². The molecule has 0 saturated carbocycles. The molecule has 0 aliphatic heterocycles. The zero-order valence-electron chi connectivity index (χ0n) is 8.65. The van der Waals surface area contributed by atoms with Crippen LogP contribution >= 0.6 is 11.6 Å². The number of carboxylic acids is 1. The first-order valence-electron chi connectivity index (χ1n) is 4.13. The second-order valence-electron chi connectivity index (χ2n) is 2.71. The Labute approximate surface area is 97.7 Å². The van der Waals surface area contributed by atoms with Crippen LogP contribution in [0.3, 0.4) is 0 Å². The Hall–Kier alpha value is -1.12. The number of nitrogens with two attached hydrogens (primary N) is 1. The van der Waals surface area contributed by atoms with E-state index in [9.17, 15) is 8.42 Å². The predicted molar refractivity (Wildman–Crippen MR) is 55.0 cm³/mol. The third-order valence-corrected chi connectivity index (χ3v) is 2.64. The monoisotopic (exact) mass is 268 g/mol. The highest BCUT2D eigenvalue weighted by molar-refractivity contribution is 7.89. The first-order valence-corrected chi connectivity index (χ1v) is 6.05. The number of halogens is 1. The molecule has 1 heterocycles. The molecule has 7 nitrogen and oxygen atoms in total. The van der Waals surface area contributed by atoms with Gasteiger partial charge in [-0.05, 0) is 13.3 Å². The summed E-state index contributed by atoms with van der Waals surface area (Å²) in [5.74, 6) is -1.08. The lowest BCUT2D eigenvalue weighted by Gasteiger charge is -1.95. The van der Waals surface area contributed by atoms with Gasteiger partial charge in [0.1, 0.15) is 0 Å². The van der Waals surface area contributed by atoms with Crippen LogP contribution in [-0.4, -0.2) is 24.6 Å². The van der Waals surface area contributed by atoms with Crippen molar-refractivity contribution < 1.29 is 18.3 Å². The smallest absolute Gasteiger partial charge is 0.255 e. The first-order chi connectivity index (χ1) is 7.20. The second kappa shape index (κ2) is 5.83. The maximum Gasteiger partial charge on any atom is 0.255 e. The number of aromatic nitrogens is 2. The molecule has 0 fully saturated rings. The van der Waals surface area contributed by atoms with Gasteiger partial charge >= 0.3 is 0 Å². The molecule has 0 radical (unpaired) electrons. The van der Waals surface area contributed by atoms with Crippen LogP contribution in [0.5, 0.6) is 0 Å². The molecule has 1 rings (SSSR count). The molecule has 3 N–H and O–H groups in total. The molecule has 0 aliphatic carbocycles. The van der Waals surface area contributed by atoms with E-state index in [2.05, 4.69) is 10.2 Å². The number of nitrogens with zero attached hydrogens (tertiary/aromatic N) is 1. The number of aliphatic carboxylic acids is 1. The molecular formula is C7H11ClN3O4S-. The van der Waals surface area contributed by atoms with Crippen LogP contribution in [0.2, 0.25) is 5.15 Å². The van der Waals surface area contributed by atoms with E-state index < -0.39 is 16.0 Å². The lowest BCUT2D eigenvalue weighted by Crippen LogP contribution is -2.16. The van der Waals surface area contributed by atoms with E-state index in [4.69, 9.17) is 26.6 Å². The first kappa shape index (κ1) is 14.9. The van der Waals surface area contributed by atoms with E-state index in [1.165, 1.54) is 0 Å². The Bertz CT molecular complexity index is 464. The fraction of sp³-hybridized carbons (Fsp3) is 0.429. The van der Waals surface area contributed by atoms with Crippen molar-refractivity contribution in [3.63, 3.8) is 0 Å². The minimum absolute atomic E-state index is 0.102. The van der Waals surface area contributed by atoms with Crippen LogP contribution in [0, 0.1) is 0 Å². The van der Waals surface area contributed by atoms with Gasteiger partial charge in [0.25, 0.3) is 10.0 Å². The number of sulfonamides is 1. The number of carbonyl (C=O) groups excluding carboxylic acids is 1. The van der Waals surface area contributed by atoms with Crippen LogP contribution in [0.25, 0.3) is 0 Å². The molecule has 0 bridgehead atoms. The van der Waals surface area contributed by atoms with E-state index in [0.717, 1.165) is 6.92 Å². The van der Waals surface area contributed by atoms with Gasteiger partial charge in [0.15, 0.2) is 10.2 Å². The third kappa shape index (κ3) is 4.60. The predicted octanol–water partition coefficient (Wildman–Crippen LogP) is -0.971. The Morgan fingerprint density at radius 1 is 1.62 bits per heavy atom. The molecule has 1 aromatic rings. The summed E-state index contributed by atoms with van der Waals surface area (Å²) >= 11 is 5.59. The molecule has 0 spiro atoms. The van der Waals surface area contributed by atoms with Crippen molar-refractivity contribution in [2.45, 2.75) is 25.3 Å². The van der Waals surface area contributed by atoms with E-state index in [1.807, 2.05) is 0 Å². The topological polar surface area (TPSA) is 129 Å². The quantitative estimate of drug-likeness (QED) is 0.713. The number of primary sulfonamides is 1. The van der Waals surface area contributed by atoms with E-state index in [1.54, 1.807) is 6.92 Å². The van der Waals surface area contributed by atoms with Gasteiger partial charge in [-0.3, -0.25) is 5.10 Å². The molecule has 9 heteroatoms. The zero-order valence-corrected chi connectivity index (χ0v) is 10.2. The number of carbonyl (C=O) groups is 1. The largest absolute Gasteiger partial charge is 0.550 e. The molecule has 0 unspecified atom stereocenters. The molecule has 0 aliphatic rings. The molecule has 92 valence electrons. The Balaban J connectivity index is 0.000000487. The Morgan fingerprint density at radius 2 is 2.06 bits per heavy atom. The maximum atomic E-state index is 10.9. The summed E-state index contributed by atoms with van der Waals surface area (Å²) in [7, 11) is -3.73. The van der Waals surface area contributed by atoms with Crippen molar-refractivity contribution in [1.82, 2.24) is 10.2 Å². The molecule has 1 aromatic heterocycles. The number of H-pyrrole nitrogens is 1. The second-order valence-corrected chi connectivity index (χ2v) is 4.57. The van der Waals surface area contributed by atoms with Gasteiger partial charge in [0.05, 0.1) is 0 Å². The molecular weight excluding hydrogens is 258 g/mol. The lowest BCUT2D eigenvalue weighted by atomic mass is 10.3. The lowest BCUT2D eigenvalue weighted by molar-refractivity contribution is -0.302. The number of rotatable bonds is 2. The fourth-order valence-electron chi connectivity index (χ4n) is 0.870. The summed E-state index contributed by atoms with van der Waals surface area (Å²) in [5.41, 5.74) is 0.430. The van der Waals surface area contributed by atoms with E-state index >= 15 is 0 Å². The number of nitrogens with one attached hydrogen (secondary N) is 1. The summed E-state index contributed by atoms with van der Waals surface area (Å²) in [6.07, 6.45) is 0.473. The zero-order chi connectivity index (χ0) is 12.9.